The number of nitrogens with zero attached hydrogens (tertiary/aromatic N) is 1. The Labute approximate surface area is 184 Å². The fourth-order valence-electron chi connectivity index (χ4n) is 3.65. The number of halogens is 3. The van der Waals surface area contributed by atoms with E-state index in [-0.39, 0.29) is 41.8 Å². The van der Waals surface area contributed by atoms with Crippen molar-refractivity contribution in [1.29, 1.82) is 0 Å². The summed E-state index contributed by atoms with van der Waals surface area (Å²) in [5.74, 6) is -0.263. The lowest BCUT2D eigenvalue weighted by molar-refractivity contribution is -0.137. The molecule has 1 amide bonds. The van der Waals surface area contributed by atoms with Crippen LogP contribution in [0.1, 0.15) is 43.2 Å². The summed E-state index contributed by atoms with van der Waals surface area (Å²) in [5, 5.41) is 5.03. The Morgan fingerprint density at radius 2 is 1.84 bits per heavy atom. The first-order chi connectivity index (χ1) is 14.5. The Hall–Kier alpha value is -1.91. The van der Waals surface area contributed by atoms with Crippen molar-refractivity contribution in [1.82, 2.24) is 9.62 Å². The topological polar surface area (TPSA) is 66.5 Å². The normalized spacial score (nSPS) is 17.6. The molecule has 0 spiro atoms. The second-order valence-corrected chi connectivity index (χ2v) is 10.9. The van der Waals surface area contributed by atoms with Gasteiger partial charge in [0.05, 0.1) is 16.5 Å². The second kappa shape index (κ2) is 9.30. The molecule has 0 saturated carbocycles. The largest absolute Gasteiger partial charge is 0.416 e. The van der Waals surface area contributed by atoms with Crippen molar-refractivity contribution in [2.24, 2.45) is 11.8 Å². The van der Waals surface area contributed by atoms with E-state index in [1.54, 1.807) is 11.3 Å². The van der Waals surface area contributed by atoms with Crippen molar-refractivity contribution < 1.29 is 26.4 Å². The molecule has 1 fully saturated rings. The van der Waals surface area contributed by atoms with E-state index in [9.17, 15) is 26.4 Å². The number of nitrogens with one attached hydrogen (secondary N) is 1. The first kappa shape index (κ1) is 23.7. The van der Waals surface area contributed by atoms with Crippen molar-refractivity contribution in [2.45, 2.75) is 43.8 Å². The molecule has 1 N–H and O–H groups in total. The summed E-state index contributed by atoms with van der Waals surface area (Å²) >= 11 is 1.57. The Bertz CT molecular complexity index is 997. The van der Waals surface area contributed by atoms with E-state index >= 15 is 0 Å². The van der Waals surface area contributed by atoms with E-state index in [1.807, 2.05) is 31.4 Å². The highest BCUT2D eigenvalue weighted by atomic mass is 32.2. The molecule has 170 valence electrons. The second-order valence-electron chi connectivity index (χ2n) is 7.95. The van der Waals surface area contributed by atoms with Gasteiger partial charge in [0.15, 0.2) is 0 Å². The quantitative estimate of drug-likeness (QED) is 0.661. The summed E-state index contributed by atoms with van der Waals surface area (Å²) in [6.45, 7) is 4.22. The Kier molecular flexibility index (Phi) is 7.12. The van der Waals surface area contributed by atoms with Gasteiger partial charge >= 0.3 is 6.18 Å². The molecule has 1 atom stereocenters. The zero-order valence-electron chi connectivity index (χ0n) is 17.2. The number of sulfonamides is 1. The molecule has 1 unspecified atom stereocenters. The zero-order valence-corrected chi connectivity index (χ0v) is 18.9. The number of benzene rings is 1. The predicted molar refractivity (Wildman–Crippen MR) is 113 cm³/mol. The highest BCUT2D eigenvalue weighted by molar-refractivity contribution is 7.89. The van der Waals surface area contributed by atoms with E-state index < -0.39 is 21.8 Å². The molecule has 2 heterocycles. The standard InChI is InChI=1S/C21H25F3N2O3S2/c1-14(2)19(18-7-4-12-30-18)25-20(27)15-8-10-26(11-9-15)31(28,29)17-6-3-5-16(13-17)21(22,23)24/h3-7,12-15,19H,8-11H2,1-2H3,(H,25,27). The van der Waals surface area contributed by atoms with Crippen LogP contribution in [0.4, 0.5) is 13.2 Å². The molecular formula is C21H25F3N2O3S2. The molecule has 0 radical (unpaired) electrons. The third kappa shape index (κ3) is 5.48. The molecule has 0 aliphatic carbocycles. The molecule has 1 aromatic heterocycles. The van der Waals surface area contributed by atoms with Crippen LogP contribution in [0.15, 0.2) is 46.7 Å². The van der Waals surface area contributed by atoms with Crippen LogP contribution in [0.5, 0.6) is 0 Å². The summed E-state index contributed by atoms with van der Waals surface area (Å²) in [7, 11) is -4.06. The van der Waals surface area contributed by atoms with Crippen LogP contribution in [0, 0.1) is 11.8 Å². The van der Waals surface area contributed by atoms with Crippen LogP contribution >= 0.6 is 11.3 Å². The number of piperidine rings is 1. The van der Waals surface area contributed by atoms with Crippen LogP contribution < -0.4 is 5.32 Å². The maximum absolute atomic E-state index is 12.9. The Morgan fingerprint density at radius 1 is 1.16 bits per heavy atom. The molecule has 31 heavy (non-hydrogen) atoms. The molecule has 1 aromatic carbocycles. The van der Waals surface area contributed by atoms with E-state index in [4.69, 9.17) is 0 Å². The Morgan fingerprint density at radius 3 is 2.39 bits per heavy atom. The molecule has 0 bridgehead atoms. The van der Waals surface area contributed by atoms with Crippen molar-refractivity contribution in [3.8, 4) is 0 Å². The van der Waals surface area contributed by atoms with Gasteiger partial charge in [-0.25, -0.2) is 8.42 Å². The lowest BCUT2D eigenvalue weighted by atomic mass is 9.95. The number of carbonyl (C=O) groups excluding carboxylic acids is 1. The summed E-state index contributed by atoms with van der Waals surface area (Å²) < 4.78 is 65.7. The number of thiophene rings is 1. The van der Waals surface area contributed by atoms with Gasteiger partial charge in [-0.15, -0.1) is 11.3 Å². The van der Waals surface area contributed by atoms with E-state index in [2.05, 4.69) is 5.32 Å². The van der Waals surface area contributed by atoms with E-state index in [1.165, 1.54) is 0 Å². The molecule has 1 aliphatic heterocycles. The smallest absolute Gasteiger partial charge is 0.348 e. The molecule has 1 saturated heterocycles. The van der Waals surface area contributed by atoms with Gasteiger partial charge in [0.1, 0.15) is 0 Å². The minimum Gasteiger partial charge on any atom is -0.348 e. The van der Waals surface area contributed by atoms with Crippen LogP contribution in [-0.2, 0) is 21.0 Å². The maximum Gasteiger partial charge on any atom is 0.416 e. The van der Waals surface area contributed by atoms with Gasteiger partial charge in [-0.1, -0.05) is 26.0 Å². The zero-order chi connectivity index (χ0) is 22.8. The molecule has 3 rings (SSSR count). The highest BCUT2D eigenvalue weighted by Crippen LogP contribution is 2.32. The molecule has 2 aromatic rings. The minimum atomic E-state index is -4.62. The number of carbonyl (C=O) groups is 1. The Balaban J connectivity index is 1.65. The van der Waals surface area contributed by atoms with Gasteiger partial charge in [0.25, 0.3) is 0 Å². The van der Waals surface area contributed by atoms with Crippen LogP contribution in [0.25, 0.3) is 0 Å². The van der Waals surface area contributed by atoms with Gasteiger partial charge < -0.3 is 5.32 Å². The van der Waals surface area contributed by atoms with E-state index in [0.717, 1.165) is 27.4 Å². The number of hydrogen-bond acceptors (Lipinski definition) is 4. The summed E-state index contributed by atoms with van der Waals surface area (Å²) in [5.41, 5.74) is -1.00. The van der Waals surface area contributed by atoms with Gasteiger partial charge in [-0.3, -0.25) is 4.79 Å². The predicted octanol–water partition coefficient (Wildman–Crippen LogP) is 4.68. The van der Waals surface area contributed by atoms with Gasteiger partial charge in [-0.2, -0.15) is 17.5 Å². The van der Waals surface area contributed by atoms with Crippen molar-refractivity contribution in [3.05, 3.63) is 52.2 Å². The van der Waals surface area contributed by atoms with Crippen molar-refractivity contribution in [2.75, 3.05) is 13.1 Å². The summed E-state index contributed by atoms with van der Waals surface area (Å²) in [6.07, 6.45) is -3.98. The maximum atomic E-state index is 12.9. The molecule has 1 aliphatic rings. The summed E-state index contributed by atoms with van der Waals surface area (Å²) in [6, 6.07) is 7.54. The van der Waals surface area contributed by atoms with Crippen molar-refractivity contribution in [3.63, 3.8) is 0 Å². The van der Waals surface area contributed by atoms with Gasteiger partial charge in [0.2, 0.25) is 15.9 Å². The van der Waals surface area contributed by atoms with Crippen LogP contribution in [0.2, 0.25) is 0 Å². The third-order valence-corrected chi connectivity index (χ3v) is 8.29. The number of hydrogen-bond donors (Lipinski definition) is 1. The average Bonchev–Trinajstić information content (AvgIpc) is 3.25. The molecule has 5 nitrogen and oxygen atoms in total. The summed E-state index contributed by atoms with van der Waals surface area (Å²) in [4.78, 5) is 13.5. The first-order valence-electron chi connectivity index (χ1n) is 10.0. The highest BCUT2D eigenvalue weighted by Gasteiger charge is 2.35. The molecule has 10 heteroatoms. The van der Waals surface area contributed by atoms with Crippen LogP contribution in [0.3, 0.4) is 0 Å². The number of alkyl halides is 3. The van der Waals surface area contributed by atoms with Crippen LogP contribution in [-0.4, -0.2) is 31.7 Å². The fourth-order valence-corrected chi connectivity index (χ4v) is 6.11. The van der Waals surface area contributed by atoms with Gasteiger partial charge in [-0.05, 0) is 48.4 Å². The van der Waals surface area contributed by atoms with Crippen molar-refractivity contribution >= 4 is 27.3 Å². The SMILES string of the molecule is CC(C)C(NC(=O)C1CCN(S(=O)(=O)c2cccc(C(F)(F)F)c2)CC1)c1cccs1. The molecular weight excluding hydrogens is 449 g/mol. The van der Waals surface area contributed by atoms with Gasteiger partial charge in [0, 0.05) is 23.9 Å². The number of amides is 1. The average molecular weight is 475 g/mol. The number of rotatable bonds is 6. The lowest BCUT2D eigenvalue weighted by Gasteiger charge is -2.32. The fraction of sp³-hybridized carbons (Fsp3) is 0.476. The van der Waals surface area contributed by atoms with E-state index in [0.29, 0.717) is 18.9 Å². The third-order valence-electron chi connectivity index (χ3n) is 5.44. The monoisotopic (exact) mass is 474 g/mol. The lowest BCUT2D eigenvalue weighted by Crippen LogP contribution is -2.44. The first-order valence-corrected chi connectivity index (χ1v) is 12.3. The minimum absolute atomic E-state index is 0.0853.